The zero-order chi connectivity index (χ0) is 10.7. The highest BCUT2D eigenvalue weighted by atomic mass is 35.5. The maximum Gasteiger partial charge on any atom is 0.147 e. The van der Waals surface area contributed by atoms with Gasteiger partial charge in [0.05, 0.1) is 5.88 Å². The van der Waals surface area contributed by atoms with Crippen molar-refractivity contribution in [3.63, 3.8) is 0 Å². The Kier molecular flexibility index (Phi) is 3.59. The third kappa shape index (κ3) is 2.49. The summed E-state index contributed by atoms with van der Waals surface area (Å²) in [4.78, 5) is 2.48. The van der Waals surface area contributed by atoms with Crippen LogP contribution < -0.4 is 0 Å². The molecule has 0 aliphatic carbocycles. The van der Waals surface area contributed by atoms with Crippen molar-refractivity contribution in [3.8, 4) is 0 Å². The van der Waals surface area contributed by atoms with Crippen molar-refractivity contribution in [1.29, 1.82) is 0 Å². The highest BCUT2D eigenvalue weighted by Crippen LogP contribution is 2.18. The van der Waals surface area contributed by atoms with Gasteiger partial charge in [-0.05, 0) is 25.4 Å². The van der Waals surface area contributed by atoms with Crippen molar-refractivity contribution in [1.82, 2.24) is 19.7 Å². The molecule has 0 amide bonds. The maximum absolute atomic E-state index is 5.78. The first-order valence-corrected chi connectivity index (χ1v) is 6.02. The summed E-state index contributed by atoms with van der Waals surface area (Å²) in [6.07, 6.45) is 3.06. The molecule has 0 saturated carbocycles. The predicted octanol–water partition coefficient (Wildman–Crippen LogP) is 1.36. The summed E-state index contributed by atoms with van der Waals surface area (Å²) >= 11 is 5.78. The smallest absolute Gasteiger partial charge is 0.147 e. The molecule has 2 rings (SSSR count). The summed E-state index contributed by atoms with van der Waals surface area (Å²) in [7, 11) is 0. The SMILES string of the molecule is CCN1CCC(Cn2cnnc2CCl)C1. The Labute approximate surface area is 95.2 Å². The van der Waals surface area contributed by atoms with Crippen LogP contribution in [0.1, 0.15) is 19.2 Å². The molecule has 2 heterocycles. The Morgan fingerprint density at radius 2 is 2.47 bits per heavy atom. The maximum atomic E-state index is 5.78. The normalized spacial score (nSPS) is 22.4. The van der Waals surface area contributed by atoms with Gasteiger partial charge in [0.15, 0.2) is 0 Å². The largest absolute Gasteiger partial charge is 0.316 e. The number of hydrogen-bond acceptors (Lipinski definition) is 3. The Morgan fingerprint density at radius 1 is 1.60 bits per heavy atom. The average molecular weight is 229 g/mol. The minimum Gasteiger partial charge on any atom is -0.316 e. The summed E-state index contributed by atoms with van der Waals surface area (Å²) in [6, 6.07) is 0. The number of likely N-dealkylation sites (tertiary alicyclic amines) is 1. The van der Waals surface area contributed by atoms with E-state index < -0.39 is 0 Å². The summed E-state index contributed by atoms with van der Waals surface area (Å²) in [5.41, 5.74) is 0. The number of alkyl halides is 1. The predicted molar refractivity (Wildman–Crippen MR) is 59.8 cm³/mol. The molecule has 1 atom stereocenters. The molecule has 0 spiro atoms. The van der Waals surface area contributed by atoms with E-state index in [0.29, 0.717) is 5.88 Å². The van der Waals surface area contributed by atoms with E-state index in [1.807, 2.05) is 0 Å². The van der Waals surface area contributed by atoms with Gasteiger partial charge < -0.3 is 9.47 Å². The standard InChI is InChI=1S/C10H17ClN4/c1-2-14-4-3-9(6-14)7-15-8-12-13-10(15)5-11/h8-9H,2-7H2,1H3. The van der Waals surface area contributed by atoms with Crippen molar-refractivity contribution in [2.24, 2.45) is 5.92 Å². The molecule has 1 aromatic heterocycles. The van der Waals surface area contributed by atoms with Crippen LogP contribution in [0.4, 0.5) is 0 Å². The lowest BCUT2D eigenvalue weighted by atomic mass is 10.1. The Morgan fingerprint density at radius 3 is 3.13 bits per heavy atom. The van der Waals surface area contributed by atoms with Crippen LogP contribution in [0.25, 0.3) is 0 Å². The third-order valence-corrected chi connectivity index (χ3v) is 3.33. The van der Waals surface area contributed by atoms with E-state index in [-0.39, 0.29) is 0 Å². The van der Waals surface area contributed by atoms with Crippen LogP contribution in [-0.4, -0.2) is 39.3 Å². The van der Waals surface area contributed by atoms with Gasteiger partial charge in [0.1, 0.15) is 12.2 Å². The summed E-state index contributed by atoms with van der Waals surface area (Å²) in [5, 5.41) is 7.87. The fraction of sp³-hybridized carbons (Fsp3) is 0.800. The number of hydrogen-bond donors (Lipinski definition) is 0. The second kappa shape index (κ2) is 4.94. The van der Waals surface area contributed by atoms with E-state index in [4.69, 9.17) is 11.6 Å². The molecule has 1 fully saturated rings. The lowest BCUT2D eigenvalue weighted by Gasteiger charge is -2.13. The molecule has 15 heavy (non-hydrogen) atoms. The molecule has 4 nitrogen and oxygen atoms in total. The lowest BCUT2D eigenvalue weighted by molar-refractivity contribution is 0.332. The number of nitrogens with zero attached hydrogens (tertiary/aromatic N) is 4. The molecule has 5 heteroatoms. The van der Waals surface area contributed by atoms with Crippen LogP contribution in [0.2, 0.25) is 0 Å². The molecule has 1 aliphatic rings. The van der Waals surface area contributed by atoms with Crippen LogP contribution in [0.5, 0.6) is 0 Å². The Balaban J connectivity index is 1.92. The Hall–Kier alpha value is -0.610. The number of rotatable bonds is 4. The highest BCUT2D eigenvalue weighted by molar-refractivity contribution is 6.16. The van der Waals surface area contributed by atoms with Gasteiger partial charge in [-0.1, -0.05) is 6.92 Å². The molecule has 0 radical (unpaired) electrons. The van der Waals surface area contributed by atoms with Gasteiger partial charge in [-0.25, -0.2) is 0 Å². The second-order valence-corrected chi connectivity index (χ2v) is 4.35. The van der Waals surface area contributed by atoms with Crippen molar-refractivity contribution in [2.75, 3.05) is 19.6 Å². The summed E-state index contributed by atoms with van der Waals surface area (Å²) in [6.45, 7) is 6.79. The molecular weight excluding hydrogens is 212 g/mol. The van der Waals surface area contributed by atoms with Crippen LogP contribution in [0.15, 0.2) is 6.33 Å². The lowest BCUT2D eigenvalue weighted by Crippen LogP contribution is -2.21. The molecule has 1 aromatic rings. The van der Waals surface area contributed by atoms with Crippen LogP contribution in [0, 0.1) is 5.92 Å². The summed E-state index contributed by atoms with van der Waals surface area (Å²) < 4.78 is 2.08. The van der Waals surface area contributed by atoms with Gasteiger partial charge >= 0.3 is 0 Å². The van der Waals surface area contributed by atoms with E-state index in [0.717, 1.165) is 24.8 Å². The van der Waals surface area contributed by atoms with Crippen LogP contribution in [0.3, 0.4) is 0 Å². The second-order valence-electron chi connectivity index (χ2n) is 4.08. The first-order chi connectivity index (χ1) is 7.33. The Bertz CT molecular complexity index is 312. The molecule has 1 aliphatic heterocycles. The monoisotopic (exact) mass is 228 g/mol. The van der Waals surface area contributed by atoms with Crippen LogP contribution >= 0.6 is 11.6 Å². The fourth-order valence-electron chi connectivity index (χ4n) is 2.16. The minimum absolute atomic E-state index is 0.449. The topological polar surface area (TPSA) is 34.0 Å². The molecule has 0 bridgehead atoms. The molecule has 0 aromatic carbocycles. The van der Waals surface area contributed by atoms with Gasteiger partial charge in [-0.3, -0.25) is 0 Å². The third-order valence-electron chi connectivity index (χ3n) is 3.09. The quantitative estimate of drug-likeness (QED) is 0.730. The van der Waals surface area contributed by atoms with Gasteiger partial charge in [0.25, 0.3) is 0 Å². The zero-order valence-electron chi connectivity index (χ0n) is 9.06. The molecular formula is C10H17ClN4. The first-order valence-electron chi connectivity index (χ1n) is 5.48. The summed E-state index contributed by atoms with van der Waals surface area (Å²) in [5.74, 6) is 2.05. The molecule has 0 N–H and O–H groups in total. The zero-order valence-corrected chi connectivity index (χ0v) is 9.82. The van der Waals surface area contributed by atoms with Gasteiger partial charge in [-0.15, -0.1) is 21.8 Å². The minimum atomic E-state index is 0.449. The van der Waals surface area contributed by atoms with Gasteiger partial charge in [-0.2, -0.15) is 0 Å². The first kappa shape index (κ1) is 10.9. The van der Waals surface area contributed by atoms with Crippen molar-refractivity contribution < 1.29 is 0 Å². The van der Waals surface area contributed by atoms with Crippen molar-refractivity contribution >= 4 is 11.6 Å². The van der Waals surface area contributed by atoms with E-state index in [2.05, 4.69) is 26.6 Å². The van der Waals surface area contributed by atoms with Gasteiger partial charge in [0, 0.05) is 13.1 Å². The average Bonchev–Trinajstić information content (AvgIpc) is 2.87. The molecule has 1 unspecified atom stereocenters. The molecule has 1 saturated heterocycles. The fourth-order valence-corrected chi connectivity index (χ4v) is 2.37. The number of halogens is 1. The van der Waals surface area contributed by atoms with Crippen molar-refractivity contribution in [2.45, 2.75) is 25.8 Å². The van der Waals surface area contributed by atoms with Gasteiger partial charge in [0.2, 0.25) is 0 Å². The van der Waals surface area contributed by atoms with E-state index in [9.17, 15) is 0 Å². The van der Waals surface area contributed by atoms with E-state index in [1.54, 1.807) is 6.33 Å². The van der Waals surface area contributed by atoms with Crippen molar-refractivity contribution in [3.05, 3.63) is 12.2 Å². The highest BCUT2D eigenvalue weighted by Gasteiger charge is 2.22. The van der Waals surface area contributed by atoms with E-state index >= 15 is 0 Å². The molecule has 84 valence electrons. The van der Waals surface area contributed by atoms with Crippen LogP contribution in [-0.2, 0) is 12.4 Å². The van der Waals surface area contributed by atoms with E-state index in [1.165, 1.54) is 19.5 Å². The number of aromatic nitrogens is 3.